The molecule has 0 unspecified atom stereocenters. The second-order valence-corrected chi connectivity index (χ2v) is 4.63. The van der Waals surface area contributed by atoms with E-state index in [9.17, 15) is 0 Å². The zero-order chi connectivity index (χ0) is 11.7. The zero-order valence-corrected chi connectivity index (χ0v) is 11.4. The number of aryl methyl sites for hydroxylation is 1. The molecule has 0 amide bonds. The molecule has 2 aromatic rings. The van der Waals surface area contributed by atoms with Crippen LogP contribution in [0.15, 0.2) is 28.9 Å². The van der Waals surface area contributed by atoms with Gasteiger partial charge in [0.05, 0.1) is 17.3 Å². The highest BCUT2D eigenvalue weighted by Gasteiger charge is 2.06. The Bertz CT molecular complexity index is 574. The standard InChI is InChI=1S/C11H11BrN2OS/c1-7-6-13-11(16)14(7)8-3-4-9(12)10(5-8)15-2/h3-6H,1-2H3,(H,13,16). The Labute approximate surface area is 107 Å². The fourth-order valence-electron chi connectivity index (χ4n) is 1.56. The molecule has 1 heterocycles. The third kappa shape index (κ3) is 1.92. The molecule has 0 atom stereocenters. The molecule has 16 heavy (non-hydrogen) atoms. The van der Waals surface area contributed by atoms with Crippen molar-refractivity contribution in [3.05, 3.63) is 39.3 Å². The monoisotopic (exact) mass is 298 g/mol. The quantitative estimate of drug-likeness (QED) is 0.858. The van der Waals surface area contributed by atoms with Crippen molar-refractivity contribution in [3.63, 3.8) is 0 Å². The summed E-state index contributed by atoms with van der Waals surface area (Å²) in [5, 5.41) is 0. The van der Waals surface area contributed by atoms with Crippen molar-refractivity contribution in [2.24, 2.45) is 0 Å². The van der Waals surface area contributed by atoms with Crippen molar-refractivity contribution in [3.8, 4) is 11.4 Å². The molecule has 0 bridgehead atoms. The first-order valence-corrected chi connectivity index (χ1v) is 5.94. The third-order valence-electron chi connectivity index (χ3n) is 2.35. The lowest BCUT2D eigenvalue weighted by Gasteiger charge is -2.08. The van der Waals surface area contributed by atoms with Gasteiger partial charge in [-0.3, -0.25) is 4.57 Å². The van der Waals surface area contributed by atoms with Crippen LogP contribution >= 0.6 is 28.1 Å². The fraction of sp³-hybridized carbons (Fsp3) is 0.182. The number of aromatic amines is 1. The van der Waals surface area contributed by atoms with Gasteiger partial charge in [-0.2, -0.15) is 0 Å². The number of hydrogen-bond acceptors (Lipinski definition) is 2. The third-order valence-corrected chi connectivity index (χ3v) is 3.31. The zero-order valence-electron chi connectivity index (χ0n) is 8.95. The molecule has 1 aromatic heterocycles. The summed E-state index contributed by atoms with van der Waals surface area (Å²) in [6.07, 6.45) is 1.89. The van der Waals surface area contributed by atoms with E-state index in [1.165, 1.54) is 0 Å². The SMILES string of the molecule is COc1cc(-n2c(C)c[nH]c2=S)ccc1Br. The van der Waals surface area contributed by atoms with Crippen LogP contribution in [-0.4, -0.2) is 16.7 Å². The predicted octanol–water partition coefficient (Wildman–Crippen LogP) is 3.61. The smallest absolute Gasteiger partial charge is 0.182 e. The van der Waals surface area contributed by atoms with Gasteiger partial charge in [0.15, 0.2) is 4.77 Å². The van der Waals surface area contributed by atoms with E-state index in [2.05, 4.69) is 20.9 Å². The molecular formula is C11H11BrN2OS. The number of nitrogens with zero attached hydrogens (tertiary/aromatic N) is 1. The van der Waals surface area contributed by atoms with Gasteiger partial charge >= 0.3 is 0 Å². The molecule has 0 saturated heterocycles. The van der Waals surface area contributed by atoms with E-state index in [0.29, 0.717) is 4.77 Å². The normalized spacial score (nSPS) is 10.4. The van der Waals surface area contributed by atoms with Crippen molar-refractivity contribution in [1.82, 2.24) is 9.55 Å². The molecule has 0 saturated carbocycles. The fourth-order valence-corrected chi connectivity index (χ4v) is 2.28. The van der Waals surface area contributed by atoms with Crippen molar-refractivity contribution < 1.29 is 4.74 Å². The molecular weight excluding hydrogens is 288 g/mol. The van der Waals surface area contributed by atoms with E-state index in [1.807, 2.05) is 35.9 Å². The molecule has 0 fully saturated rings. The number of halogens is 1. The van der Waals surface area contributed by atoms with Crippen LogP contribution in [0.2, 0.25) is 0 Å². The Hall–Kier alpha value is -1.07. The Balaban J connectivity index is 2.61. The number of rotatable bonds is 2. The summed E-state index contributed by atoms with van der Waals surface area (Å²) in [6.45, 7) is 2.00. The molecule has 0 radical (unpaired) electrons. The molecule has 3 nitrogen and oxygen atoms in total. The van der Waals surface area contributed by atoms with Crippen LogP contribution in [0.5, 0.6) is 5.75 Å². The summed E-state index contributed by atoms with van der Waals surface area (Å²) in [5.74, 6) is 0.792. The highest BCUT2D eigenvalue weighted by Crippen LogP contribution is 2.27. The minimum absolute atomic E-state index is 0.682. The Morgan fingerprint density at radius 3 is 2.75 bits per heavy atom. The number of ether oxygens (including phenoxy) is 1. The van der Waals surface area contributed by atoms with E-state index in [1.54, 1.807) is 7.11 Å². The maximum absolute atomic E-state index is 5.26. The van der Waals surface area contributed by atoms with Gasteiger partial charge in [-0.05, 0) is 47.2 Å². The van der Waals surface area contributed by atoms with Crippen LogP contribution in [0.4, 0.5) is 0 Å². The van der Waals surface area contributed by atoms with Crippen LogP contribution < -0.4 is 4.74 Å². The Morgan fingerprint density at radius 1 is 1.44 bits per heavy atom. The lowest BCUT2D eigenvalue weighted by molar-refractivity contribution is 0.412. The minimum atomic E-state index is 0.682. The van der Waals surface area contributed by atoms with E-state index in [4.69, 9.17) is 17.0 Å². The number of H-pyrrole nitrogens is 1. The van der Waals surface area contributed by atoms with Crippen LogP contribution in [0.1, 0.15) is 5.69 Å². The number of imidazole rings is 1. The number of aromatic nitrogens is 2. The number of hydrogen-bond donors (Lipinski definition) is 1. The first kappa shape index (κ1) is 11.4. The first-order valence-electron chi connectivity index (χ1n) is 4.74. The van der Waals surface area contributed by atoms with E-state index in [-0.39, 0.29) is 0 Å². The highest BCUT2D eigenvalue weighted by molar-refractivity contribution is 9.10. The molecule has 0 aliphatic rings. The van der Waals surface area contributed by atoms with Gasteiger partial charge in [-0.1, -0.05) is 0 Å². The summed E-state index contributed by atoms with van der Waals surface area (Å²) in [5.41, 5.74) is 2.05. The van der Waals surface area contributed by atoms with Crippen LogP contribution in [0.3, 0.4) is 0 Å². The van der Waals surface area contributed by atoms with E-state index >= 15 is 0 Å². The van der Waals surface area contributed by atoms with E-state index < -0.39 is 0 Å². The molecule has 0 aliphatic carbocycles. The number of benzene rings is 1. The van der Waals surface area contributed by atoms with E-state index in [0.717, 1.165) is 21.6 Å². The van der Waals surface area contributed by atoms with Gasteiger partial charge in [0.2, 0.25) is 0 Å². The van der Waals surface area contributed by atoms with Crippen LogP contribution in [-0.2, 0) is 0 Å². The highest BCUT2D eigenvalue weighted by atomic mass is 79.9. The summed E-state index contributed by atoms with van der Waals surface area (Å²) in [4.78, 5) is 3.01. The van der Waals surface area contributed by atoms with Crippen molar-refractivity contribution in [2.75, 3.05) is 7.11 Å². The van der Waals surface area contributed by atoms with Crippen molar-refractivity contribution >= 4 is 28.1 Å². The maximum Gasteiger partial charge on any atom is 0.182 e. The van der Waals surface area contributed by atoms with Gasteiger partial charge in [0.25, 0.3) is 0 Å². The Kier molecular flexibility index (Phi) is 3.16. The lowest BCUT2D eigenvalue weighted by atomic mass is 10.3. The maximum atomic E-state index is 5.26. The number of methoxy groups -OCH3 is 1. The van der Waals surface area contributed by atoms with Gasteiger partial charge in [0.1, 0.15) is 5.75 Å². The topological polar surface area (TPSA) is 29.9 Å². The largest absolute Gasteiger partial charge is 0.495 e. The summed E-state index contributed by atoms with van der Waals surface area (Å²) in [7, 11) is 1.65. The van der Waals surface area contributed by atoms with Crippen LogP contribution in [0.25, 0.3) is 5.69 Å². The van der Waals surface area contributed by atoms with Gasteiger partial charge < -0.3 is 9.72 Å². The lowest BCUT2D eigenvalue weighted by Crippen LogP contribution is -1.97. The summed E-state index contributed by atoms with van der Waals surface area (Å²) < 4.78 is 8.83. The average molecular weight is 299 g/mol. The van der Waals surface area contributed by atoms with Gasteiger partial charge in [0, 0.05) is 18.0 Å². The second-order valence-electron chi connectivity index (χ2n) is 3.39. The molecule has 0 aliphatic heterocycles. The van der Waals surface area contributed by atoms with Crippen molar-refractivity contribution in [2.45, 2.75) is 6.92 Å². The average Bonchev–Trinajstić information content (AvgIpc) is 2.60. The minimum Gasteiger partial charge on any atom is -0.495 e. The van der Waals surface area contributed by atoms with Gasteiger partial charge in [-0.15, -0.1) is 0 Å². The second kappa shape index (κ2) is 4.43. The molecule has 5 heteroatoms. The molecule has 1 aromatic carbocycles. The molecule has 84 valence electrons. The number of nitrogens with one attached hydrogen (secondary N) is 1. The first-order chi connectivity index (χ1) is 7.63. The Morgan fingerprint density at radius 2 is 2.19 bits per heavy atom. The van der Waals surface area contributed by atoms with Crippen LogP contribution in [0, 0.1) is 11.7 Å². The summed E-state index contributed by atoms with van der Waals surface area (Å²) >= 11 is 8.64. The summed E-state index contributed by atoms with van der Waals surface area (Å²) in [6, 6.07) is 5.88. The predicted molar refractivity (Wildman–Crippen MR) is 69.9 cm³/mol. The molecule has 1 N–H and O–H groups in total. The van der Waals surface area contributed by atoms with Gasteiger partial charge in [-0.25, -0.2) is 0 Å². The molecule has 0 spiro atoms. The molecule has 2 rings (SSSR count). The van der Waals surface area contributed by atoms with Crippen molar-refractivity contribution in [1.29, 1.82) is 0 Å².